The van der Waals surface area contributed by atoms with E-state index >= 15 is 0 Å². The average molecular weight is 282 g/mol. The Balaban J connectivity index is 3.15. The Bertz CT molecular complexity index is 396. The van der Waals surface area contributed by atoms with Crippen LogP contribution in [-0.4, -0.2) is 53.1 Å². The molecule has 0 aliphatic carbocycles. The zero-order valence-electron chi connectivity index (χ0n) is 10.3. The number of quaternary nitrogens is 1. The third-order valence-electron chi connectivity index (χ3n) is 3.12. The summed E-state index contributed by atoms with van der Waals surface area (Å²) in [7, 11) is 0. The Labute approximate surface area is 107 Å². The van der Waals surface area contributed by atoms with Crippen LogP contribution >= 0.6 is 0 Å². The molecule has 0 aromatic carbocycles. The van der Waals surface area contributed by atoms with Crippen molar-refractivity contribution in [3.8, 4) is 0 Å². The lowest BCUT2D eigenvalue weighted by atomic mass is 10.2. The number of aliphatic hydroxyl groups is 1. The lowest BCUT2D eigenvalue weighted by Crippen LogP contribution is -2.63. The lowest BCUT2D eigenvalue weighted by Gasteiger charge is -2.31. The van der Waals surface area contributed by atoms with Crippen molar-refractivity contribution in [2.24, 2.45) is 0 Å². The fraction of sp³-hybridized carbons (Fsp3) is 0.636. The van der Waals surface area contributed by atoms with Gasteiger partial charge in [-0.1, -0.05) is 12.7 Å². The van der Waals surface area contributed by atoms with Crippen molar-refractivity contribution in [3.05, 3.63) is 12.7 Å². The number of halogens is 3. The van der Waals surface area contributed by atoms with Gasteiger partial charge in [0.1, 0.15) is 25.3 Å². The van der Waals surface area contributed by atoms with Gasteiger partial charge in [-0.25, -0.2) is 4.79 Å². The molecule has 3 atom stereocenters. The molecule has 2 amide bonds. The molecule has 1 rings (SSSR count). The molecule has 1 N–H and O–H groups in total. The highest BCUT2D eigenvalue weighted by Crippen LogP contribution is 2.34. The third kappa shape index (κ3) is 2.79. The number of ether oxygens (including phenoxy) is 1. The van der Waals surface area contributed by atoms with E-state index in [1.807, 2.05) is 0 Å². The molecule has 0 aromatic rings. The molecule has 1 saturated heterocycles. The quantitative estimate of drug-likeness (QED) is 0.613. The molecule has 0 radical (unpaired) electrons. The van der Waals surface area contributed by atoms with Crippen molar-refractivity contribution in [1.82, 2.24) is 0 Å². The van der Waals surface area contributed by atoms with Crippen LogP contribution in [0.25, 0.3) is 0 Å². The van der Waals surface area contributed by atoms with Crippen LogP contribution in [0.15, 0.2) is 12.7 Å². The number of likely N-dealkylation sites (tertiary alicyclic amines) is 1. The second-order valence-corrected chi connectivity index (χ2v) is 4.46. The van der Waals surface area contributed by atoms with Crippen molar-refractivity contribution in [2.75, 3.05) is 13.2 Å². The van der Waals surface area contributed by atoms with E-state index in [-0.39, 0.29) is 13.0 Å². The smallest absolute Gasteiger partial charge is 0.415 e. The first kappa shape index (κ1) is 15.6. The SMILES string of the molecule is C=CCOC(=O)[N+]1(C(=O)C(F)(F)F)C[C@@H](O)C[C@H]1C. The van der Waals surface area contributed by atoms with E-state index < -0.39 is 41.4 Å². The van der Waals surface area contributed by atoms with E-state index in [4.69, 9.17) is 0 Å². The summed E-state index contributed by atoms with van der Waals surface area (Å²) in [6.07, 6.45) is -6.54. The number of carbonyl (C=O) groups is 2. The maximum Gasteiger partial charge on any atom is 0.524 e. The average Bonchev–Trinajstić information content (AvgIpc) is 2.60. The molecule has 1 fully saturated rings. The summed E-state index contributed by atoms with van der Waals surface area (Å²) < 4.78 is 41.0. The summed E-state index contributed by atoms with van der Waals surface area (Å²) in [6, 6.07) is -0.999. The first-order chi connectivity index (χ1) is 8.66. The molecule has 0 bridgehead atoms. The zero-order chi connectivity index (χ0) is 14.8. The number of rotatable bonds is 2. The molecule has 8 heteroatoms. The Hall–Kier alpha value is -1.41. The maximum absolute atomic E-state index is 12.7. The van der Waals surface area contributed by atoms with Gasteiger partial charge in [0, 0.05) is 6.42 Å². The van der Waals surface area contributed by atoms with Gasteiger partial charge >= 0.3 is 18.2 Å². The van der Waals surface area contributed by atoms with Crippen LogP contribution in [0, 0.1) is 0 Å². The van der Waals surface area contributed by atoms with E-state index in [0.717, 1.165) is 0 Å². The summed E-state index contributed by atoms with van der Waals surface area (Å²) in [5.74, 6) is -2.22. The summed E-state index contributed by atoms with van der Waals surface area (Å²) in [5.41, 5.74) is 0. The van der Waals surface area contributed by atoms with Crippen molar-refractivity contribution >= 4 is 12.0 Å². The van der Waals surface area contributed by atoms with Gasteiger partial charge < -0.3 is 9.84 Å². The number of imide groups is 1. The molecule has 0 spiro atoms. The molecular formula is C11H15F3NO4+. The van der Waals surface area contributed by atoms with Crippen LogP contribution in [-0.2, 0) is 9.53 Å². The van der Waals surface area contributed by atoms with Gasteiger partial charge in [-0.3, -0.25) is 0 Å². The van der Waals surface area contributed by atoms with Crippen LogP contribution < -0.4 is 0 Å². The minimum Gasteiger partial charge on any atom is -0.415 e. The highest BCUT2D eigenvalue weighted by Gasteiger charge is 2.65. The molecule has 0 aromatic heterocycles. The van der Waals surface area contributed by atoms with Gasteiger partial charge in [0.25, 0.3) is 0 Å². The predicted molar refractivity (Wildman–Crippen MR) is 57.8 cm³/mol. The van der Waals surface area contributed by atoms with Crippen molar-refractivity contribution in [2.45, 2.75) is 31.7 Å². The van der Waals surface area contributed by atoms with E-state index in [0.29, 0.717) is 0 Å². The standard InChI is InChI=1S/C11H15F3NO4/c1-3-4-19-10(18)15(9(17)11(12,13)14)6-8(16)5-7(15)2/h3,7-8,16H,1,4-6H2,2H3/q+1/t7-,8+,15?/m1/s1. The minimum absolute atomic E-state index is 0.0784. The van der Waals surface area contributed by atoms with E-state index in [1.165, 1.54) is 13.0 Å². The fourth-order valence-corrected chi connectivity index (χ4v) is 2.25. The molecule has 1 unspecified atom stereocenters. The van der Waals surface area contributed by atoms with Crippen molar-refractivity contribution < 1.29 is 37.1 Å². The first-order valence-electron chi connectivity index (χ1n) is 5.62. The third-order valence-corrected chi connectivity index (χ3v) is 3.12. The number of hydrogen-bond donors (Lipinski definition) is 1. The molecule has 1 aliphatic rings. The van der Waals surface area contributed by atoms with Crippen LogP contribution in [0.3, 0.4) is 0 Å². The summed E-state index contributed by atoms with van der Waals surface area (Å²) in [4.78, 5) is 23.4. The second-order valence-electron chi connectivity index (χ2n) is 4.46. The van der Waals surface area contributed by atoms with E-state index in [2.05, 4.69) is 11.3 Å². The maximum atomic E-state index is 12.7. The van der Waals surface area contributed by atoms with Gasteiger partial charge in [-0.15, -0.1) is 4.48 Å². The number of carbonyl (C=O) groups excluding carboxylic acids is 2. The lowest BCUT2D eigenvalue weighted by molar-refractivity contribution is -0.800. The van der Waals surface area contributed by atoms with Crippen LogP contribution in [0.5, 0.6) is 0 Å². The minimum atomic E-state index is -5.18. The molecule has 1 heterocycles. The Morgan fingerprint density at radius 2 is 2.11 bits per heavy atom. The van der Waals surface area contributed by atoms with Gasteiger partial charge in [-0.2, -0.15) is 18.0 Å². The van der Waals surface area contributed by atoms with Crippen LogP contribution in [0.1, 0.15) is 13.3 Å². The Morgan fingerprint density at radius 3 is 2.47 bits per heavy atom. The van der Waals surface area contributed by atoms with Crippen molar-refractivity contribution in [3.63, 3.8) is 0 Å². The van der Waals surface area contributed by atoms with E-state index in [9.17, 15) is 27.9 Å². The van der Waals surface area contributed by atoms with E-state index in [1.54, 1.807) is 0 Å². The van der Waals surface area contributed by atoms with Crippen LogP contribution in [0.2, 0.25) is 0 Å². The monoisotopic (exact) mass is 282 g/mol. The number of aliphatic hydroxyl groups excluding tert-OH is 1. The van der Waals surface area contributed by atoms with Gasteiger partial charge in [0.15, 0.2) is 0 Å². The molecule has 5 nitrogen and oxygen atoms in total. The molecule has 108 valence electrons. The number of amides is 2. The van der Waals surface area contributed by atoms with Gasteiger partial charge in [-0.05, 0) is 6.92 Å². The topological polar surface area (TPSA) is 63.6 Å². The van der Waals surface area contributed by atoms with Crippen LogP contribution in [0.4, 0.5) is 18.0 Å². The highest BCUT2D eigenvalue weighted by molar-refractivity contribution is 5.85. The van der Waals surface area contributed by atoms with Crippen molar-refractivity contribution in [1.29, 1.82) is 0 Å². The van der Waals surface area contributed by atoms with Gasteiger partial charge in [0.2, 0.25) is 0 Å². The summed E-state index contributed by atoms with van der Waals surface area (Å²) >= 11 is 0. The number of nitrogens with zero attached hydrogens (tertiary/aromatic N) is 1. The normalized spacial score (nSPS) is 31.0. The number of alkyl halides is 3. The largest absolute Gasteiger partial charge is 0.524 e. The van der Waals surface area contributed by atoms with Gasteiger partial charge in [0.05, 0.1) is 0 Å². The Morgan fingerprint density at radius 1 is 1.53 bits per heavy atom. The Kier molecular flexibility index (Phi) is 4.36. The fourth-order valence-electron chi connectivity index (χ4n) is 2.25. The first-order valence-corrected chi connectivity index (χ1v) is 5.62. The molecular weight excluding hydrogens is 267 g/mol. The molecule has 0 saturated carbocycles. The zero-order valence-corrected chi connectivity index (χ0v) is 10.3. The highest BCUT2D eigenvalue weighted by atomic mass is 19.4. The summed E-state index contributed by atoms with van der Waals surface area (Å²) in [5, 5.41) is 9.46. The second kappa shape index (κ2) is 5.30. The predicted octanol–water partition coefficient (Wildman–Crippen LogP) is 1.37. The molecule has 19 heavy (non-hydrogen) atoms. The summed E-state index contributed by atoms with van der Waals surface area (Å²) in [6.45, 7) is 3.64. The molecule has 1 aliphatic heterocycles. The number of hydrogen-bond acceptors (Lipinski definition) is 4.